The van der Waals surface area contributed by atoms with Crippen LogP contribution in [0.5, 0.6) is 0 Å². The average Bonchev–Trinajstić information content (AvgIpc) is 2.79. The van der Waals surface area contributed by atoms with E-state index in [2.05, 4.69) is 10.6 Å². The van der Waals surface area contributed by atoms with Crippen LogP contribution in [0.3, 0.4) is 0 Å². The molecule has 3 rings (SSSR count). The lowest BCUT2D eigenvalue weighted by Crippen LogP contribution is -2.35. The first-order valence-electron chi connectivity index (χ1n) is 10.3. The van der Waals surface area contributed by atoms with Crippen molar-refractivity contribution in [2.45, 2.75) is 31.1 Å². The monoisotopic (exact) mass is 493 g/mol. The Balaban J connectivity index is 1.61. The predicted molar refractivity (Wildman–Crippen MR) is 124 cm³/mol. The fraction of sp³-hybridized carbons (Fsp3) is 0.318. The number of ether oxygens (including phenoxy) is 1. The molecule has 0 bridgehead atoms. The molecule has 0 spiro atoms. The standard InChI is InChI=1S/C22H24ClN3O6S/c1-15(27)24-17-7-5-16(6-8-17)22(29)32-14-21(28)25-20-13-18(9-10-19(20)23)33(30,31)26-11-3-2-4-12-26/h5-10,13H,2-4,11-12,14H2,1H3,(H,24,27)(H,25,28). The Hall–Kier alpha value is -2.95. The van der Waals surface area contributed by atoms with Crippen LogP contribution in [0.4, 0.5) is 11.4 Å². The van der Waals surface area contributed by atoms with E-state index >= 15 is 0 Å². The first-order valence-corrected chi connectivity index (χ1v) is 12.1. The molecule has 1 aliphatic heterocycles. The summed E-state index contributed by atoms with van der Waals surface area (Å²) in [5, 5.41) is 5.21. The lowest BCUT2D eigenvalue weighted by molar-refractivity contribution is -0.119. The number of anilines is 2. The Labute approximate surface area is 197 Å². The zero-order chi connectivity index (χ0) is 24.0. The molecular weight excluding hydrogens is 470 g/mol. The highest BCUT2D eigenvalue weighted by atomic mass is 35.5. The smallest absolute Gasteiger partial charge is 0.338 e. The summed E-state index contributed by atoms with van der Waals surface area (Å²) in [6, 6.07) is 10.1. The van der Waals surface area contributed by atoms with Crippen molar-refractivity contribution < 1.29 is 27.5 Å². The second-order valence-corrected chi connectivity index (χ2v) is 9.83. The number of nitrogens with one attached hydrogen (secondary N) is 2. The zero-order valence-corrected chi connectivity index (χ0v) is 19.5. The van der Waals surface area contributed by atoms with Crippen molar-refractivity contribution >= 4 is 50.8 Å². The molecular formula is C22H24ClN3O6S. The summed E-state index contributed by atoms with van der Waals surface area (Å²) in [5.41, 5.74) is 0.825. The molecule has 0 saturated carbocycles. The molecule has 9 nitrogen and oxygen atoms in total. The van der Waals surface area contributed by atoms with Crippen LogP contribution in [0.1, 0.15) is 36.5 Å². The van der Waals surface area contributed by atoms with Gasteiger partial charge in [0, 0.05) is 25.7 Å². The molecule has 33 heavy (non-hydrogen) atoms. The topological polar surface area (TPSA) is 122 Å². The fourth-order valence-electron chi connectivity index (χ4n) is 3.31. The minimum absolute atomic E-state index is 0.0281. The Bertz CT molecular complexity index is 1150. The third-order valence-corrected chi connectivity index (χ3v) is 7.16. The van der Waals surface area contributed by atoms with Crippen LogP contribution in [0.15, 0.2) is 47.4 Å². The molecule has 2 aromatic carbocycles. The van der Waals surface area contributed by atoms with E-state index in [1.165, 1.54) is 53.7 Å². The van der Waals surface area contributed by atoms with Gasteiger partial charge >= 0.3 is 5.97 Å². The summed E-state index contributed by atoms with van der Waals surface area (Å²) in [6.07, 6.45) is 2.60. The Morgan fingerprint density at radius 1 is 1.00 bits per heavy atom. The number of hydrogen-bond donors (Lipinski definition) is 2. The van der Waals surface area contributed by atoms with Crippen molar-refractivity contribution in [1.82, 2.24) is 4.31 Å². The molecule has 0 atom stereocenters. The van der Waals surface area contributed by atoms with Gasteiger partial charge in [-0.3, -0.25) is 9.59 Å². The molecule has 0 aromatic heterocycles. The van der Waals surface area contributed by atoms with Crippen molar-refractivity contribution in [2.24, 2.45) is 0 Å². The van der Waals surface area contributed by atoms with Crippen LogP contribution in [-0.4, -0.2) is 50.2 Å². The molecule has 2 amide bonds. The van der Waals surface area contributed by atoms with Crippen molar-refractivity contribution in [1.29, 1.82) is 0 Å². The number of sulfonamides is 1. The Morgan fingerprint density at radius 3 is 2.30 bits per heavy atom. The molecule has 1 saturated heterocycles. The molecule has 1 aliphatic rings. The van der Waals surface area contributed by atoms with Crippen molar-refractivity contribution in [2.75, 3.05) is 30.3 Å². The summed E-state index contributed by atoms with van der Waals surface area (Å²) in [6.45, 7) is 1.68. The summed E-state index contributed by atoms with van der Waals surface area (Å²) < 4.78 is 32.2. The number of piperidine rings is 1. The van der Waals surface area contributed by atoms with Gasteiger partial charge in [0.1, 0.15) is 0 Å². The van der Waals surface area contributed by atoms with Gasteiger partial charge in [0.2, 0.25) is 15.9 Å². The zero-order valence-electron chi connectivity index (χ0n) is 18.0. The van der Waals surface area contributed by atoms with Gasteiger partial charge in [-0.1, -0.05) is 18.0 Å². The Kier molecular flexibility index (Phi) is 8.06. The average molecular weight is 494 g/mol. The van der Waals surface area contributed by atoms with E-state index in [-0.39, 0.29) is 27.1 Å². The van der Waals surface area contributed by atoms with Crippen LogP contribution < -0.4 is 10.6 Å². The van der Waals surface area contributed by atoms with Gasteiger partial charge in [-0.15, -0.1) is 0 Å². The second kappa shape index (κ2) is 10.8. The van der Waals surface area contributed by atoms with E-state index in [0.717, 1.165) is 19.3 Å². The summed E-state index contributed by atoms with van der Waals surface area (Å²) >= 11 is 6.12. The van der Waals surface area contributed by atoms with Crippen LogP contribution in [-0.2, 0) is 24.3 Å². The normalized spacial score (nSPS) is 14.4. The fourth-order valence-corrected chi connectivity index (χ4v) is 5.02. The van der Waals surface area contributed by atoms with Gasteiger partial charge in [0.25, 0.3) is 5.91 Å². The second-order valence-electron chi connectivity index (χ2n) is 7.49. The highest BCUT2D eigenvalue weighted by Crippen LogP contribution is 2.28. The number of esters is 1. The van der Waals surface area contributed by atoms with Crippen molar-refractivity contribution in [3.63, 3.8) is 0 Å². The van der Waals surface area contributed by atoms with Crippen LogP contribution in [0.2, 0.25) is 5.02 Å². The lowest BCUT2D eigenvalue weighted by Gasteiger charge is -2.26. The van der Waals surface area contributed by atoms with Crippen LogP contribution >= 0.6 is 11.6 Å². The third kappa shape index (κ3) is 6.53. The number of rotatable bonds is 7. The van der Waals surface area contributed by atoms with Gasteiger partial charge in [0.15, 0.2) is 6.61 Å². The number of hydrogen-bond acceptors (Lipinski definition) is 6. The molecule has 0 unspecified atom stereocenters. The SMILES string of the molecule is CC(=O)Nc1ccc(C(=O)OCC(=O)Nc2cc(S(=O)(=O)N3CCCCC3)ccc2Cl)cc1. The first-order chi connectivity index (χ1) is 15.7. The number of nitrogens with zero attached hydrogens (tertiary/aromatic N) is 1. The Morgan fingerprint density at radius 2 is 1.67 bits per heavy atom. The summed E-state index contributed by atoms with van der Waals surface area (Å²) in [7, 11) is -3.70. The molecule has 0 radical (unpaired) electrons. The molecule has 176 valence electrons. The minimum atomic E-state index is -3.70. The van der Waals surface area contributed by atoms with Crippen LogP contribution in [0.25, 0.3) is 0 Å². The lowest BCUT2D eigenvalue weighted by atomic mass is 10.2. The van der Waals surface area contributed by atoms with E-state index in [4.69, 9.17) is 16.3 Å². The van der Waals surface area contributed by atoms with Gasteiger partial charge in [-0.05, 0) is 55.3 Å². The maximum atomic E-state index is 12.9. The minimum Gasteiger partial charge on any atom is -0.452 e. The van der Waals surface area contributed by atoms with Gasteiger partial charge in [-0.2, -0.15) is 4.31 Å². The van der Waals surface area contributed by atoms with Gasteiger partial charge < -0.3 is 15.4 Å². The molecule has 2 aromatic rings. The van der Waals surface area contributed by atoms with E-state index in [1.54, 1.807) is 0 Å². The molecule has 1 heterocycles. The summed E-state index contributed by atoms with van der Waals surface area (Å²) in [4.78, 5) is 35.5. The third-order valence-electron chi connectivity index (χ3n) is 4.94. The predicted octanol–water partition coefficient (Wildman–Crippen LogP) is 3.27. The quantitative estimate of drug-likeness (QED) is 0.571. The number of halogens is 1. The summed E-state index contributed by atoms with van der Waals surface area (Å²) in [5.74, 6) is -1.65. The highest BCUT2D eigenvalue weighted by molar-refractivity contribution is 7.89. The number of benzene rings is 2. The maximum absolute atomic E-state index is 12.9. The number of carbonyl (C=O) groups is 3. The van der Waals surface area contributed by atoms with Crippen molar-refractivity contribution in [3.8, 4) is 0 Å². The largest absolute Gasteiger partial charge is 0.452 e. The first kappa shape index (κ1) is 24.7. The number of carbonyl (C=O) groups excluding carboxylic acids is 3. The molecule has 11 heteroatoms. The van der Waals surface area contributed by atoms with Gasteiger partial charge in [-0.25, -0.2) is 13.2 Å². The van der Waals surface area contributed by atoms with Crippen LogP contribution in [0, 0.1) is 0 Å². The van der Waals surface area contributed by atoms with E-state index in [0.29, 0.717) is 18.8 Å². The molecule has 2 N–H and O–H groups in total. The number of amides is 2. The highest BCUT2D eigenvalue weighted by Gasteiger charge is 2.26. The van der Waals surface area contributed by atoms with E-state index in [1.807, 2.05) is 0 Å². The van der Waals surface area contributed by atoms with E-state index < -0.39 is 28.5 Å². The molecule has 0 aliphatic carbocycles. The maximum Gasteiger partial charge on any atom is 0.338 e. The van der Waals surface area contributed by atoms with Gasteiger partial charge in [0.05, 0.1) is 21.2 Å². The molecule has 1 fully saturated rings. The van der Waals surface area contributed by atoms with E-state index in [9.17, 15) is 22.8 Å². The van der Waals surface area contributed by atoms with Crippen molar-refractivity contribution in [3.05, 3.63) is 53.1 Å².